The molecule has 2 aromatic rings. The number of esters is 1. The Labute approximate surface area is 147 Å². The topological polar surface area (TPSA) is 72.8 Å². The molecule has 0 saturated heterocycles. The summed E-state index contributed by atoms with van der Waals surface area (Å²) in [7, 11) is 1.48. The van der Waals surface area contributed by atoms with E-state index in [1.54, 1.807) is 30.3 Å². The molecule has 0 aromatic heterocycles. The predicted octanol–water partition coefficient (Wildman–Crippen LogP) is 5.43. The van der Waals surface area contributed by atoms with E-state index in [2.05, 4.69) is 33.7 Å². The Morgan fingerprint density at radius 3 is 2.09 bits per heavy atom. The van der Waals surface area contributed by atoms with Crippen molar-refractivity contribution in [1.82, 2.24) is 0 Å². The molecule has 0 spiro atoms. The SMILES string of the molecule is COc1ccc(C(=O)Oc2ccccc2)c(O)c1.O=P(Cl)(Cl)Cl. The minimum atomic E-state index is -3.22. The van der Waals surface area contributed by atoms with E-state index in [0.717, 1.165) is 0 Å². The van der Waals surface area contributed by atoms with Crippen molar-refractivity contribution in [1.29, 1.82) is 0 Å². The molecule has 0 atom stereocenters. The molecule has 0 heterocycles. The summed E-state index contributed by atoms with van der Waals surface area (Å²) in [5.74, 6) is 0.123. The Morgan fingerprint density at radius 1 is 1.04 bits per heavy atom. The third-order valence-electron chi connectivity index (χ3n) is 2.38. The molecule has 2 aromatic carbocycles. The van der Waals surface area contributed by atoms with Gasteiger partial charge in [0.1, 0.15) is 22.8 Å². The summed E-state index contributed by atoms with van der Waals surface area (Å²) in [6, 6.07) is 13.1. The average Bonchev–Trinajstić information content (AvgIpc) is 2.46. The molecule has 0 fully saturated rings. The number of hydrogen-bond donors (Lipinski definition) is 1. The van der Waals surface area contributed by atoms with Crippen molar-refractivity contribution in [2.24, 2.45) is 0 Å². The quantitative estimate of drug-likeness (QED) is 0.425. The van der Waals surface area contributed by atoms with Crippen LogP contribution in [0.2, 0.25) is 0 Å². The first kappa shape index (κ1) is 19.7. The van der Waals surface area contributed by atoms with Gasteiger partial charge >= 0.3 is 11.2 Å². The molecule has 1 N–H and O–H groups in total. The van der Waals surface area contributed by atoms with Gasteiger partial charge in [-0.2, -0.15) is 0 Å². The fourth-order valence-electron chi connectivity index (χ4n) is 1.46. The molecule has 0 radical (unpaired) electrons. The lowest BCUT2D eigenvalue weighted by Crippen LogP contribution is -2.08. The highest BCUT2D eigenvalue weighted by Crippen LogP contribution is 2.61. The highest BCUT2D eigenvalue weighted by Gasteiger charge is 2.14. The smallest absolute Gasteiger partial charge is 0.347 e. The van der Waals surface area contributed by atoms with Crippen LogP contribution >= 0.6 is 38.9 Å². The van der Waals surface area contributed by atoms with Gasteiger partial charge in [0.05, 0.1) is 7.11 Å². The number of para-hydroxylation sites is 1. The molecule has 0 aliphatic heterocycles. The molecule has 0 aliphatic carbocycles. The summed E-state index contributed by atoms with van der Waals surface area (Å²) < 4.78 is 19.6. The third kappa shape index (κ3) is 8.14. The first-order valence-corrected chi connectivity index (χ1v) is 10.5. The van der Waals surface area contributed by atoms with E-state index in [1.807, 2.05) is 6.07 Å². The van der Waals surface area contributed by atoms with Crippen LogP contribution in [-0.4, -0.2) is 18.2 Å². The molecule has 0 amide bonds. The first-order valence-electron chi connectivity index (χ1n) is 6.04. The molecular weight excluding hydrogens is 385 g/mol. The van der Waals surface area contributed by atoms with E-state index >= 15 is 0 Å². The highest BCUT2D eigenvalue weighted by atomic mass is 36.0. The van der Waals surface area contributed by atoms with Gasteiger partial charge in [-0.3, -0.25) is 4.57 Å². The summed E-state index contributed by atoms with van der Waals surface area (Å²) in [6.45, 7) is 0. The molecule has 0 saturated carbocycles. The van der Waals surface area contributed by atoms with Crippen LogP contribution in [0.15, 0.2) is 48.5 Å². The monoisotopic (exact) mass is 396 g/mol. The van der Waals surface area contributed by atoms with Crippen molar-refractivity contribution in [3.05, 3.63) is 54.1 Å². The van der Waals surface area contributed by atoms with Gasteiger partial charge in [0.2, 0.25) is 0 Å². The molecular formula is C14H12Cl3O5P. The van der Waals surface area contributed by atoms with Crippen molar-refractivity contribution >= 4 is 44.9 Å². The van der Waals surface area contributed by atoms with Crippen molar-refractivity contribution in [3.63, 3.8) is 0 Å². The number of methoxy groups -OCH3 is 1. The minimum Gasteiger partial charge on any atom is -0.507 e. The van der Waals surface area contributed by atoms with E-state index in [-0.39, 0.29) is 11.3 Å². The fourth-order valence-corrected chi connectivity index (χ4v) is 1.46. The summed E-state index contributed by atoms with van der Waals surface area (Å²) in [5.41, 5.74) is 0.0969. The Morgan fingerprint density at radius 2 is 1.61 bits per heavy atom. The van der Waals surface area contributed by atoms with E-state index in [4.69, 9.17) is 9.47 Å². The normalized spacial score (nSPS) is 10.3. The molecule has 5 nitrogen and oxygen atoms in total. The second kappa shape index (κ2) is 9.04. The van der Waals surface area contributed by atoms with Crippen molar-refractivity contribution in [2.45, 2.75) is 0 Å². The summed E-state index contributed by atoms with van der Waals surface area (Å²) >= 11 is 13.8. The zero-order valence-corrected chi connectivity index (χ0v) is 14.9. The van der Waals surface area contributed by atoms with Crippen LogP contribution in [0.5, 0.6) is 17.2 Å². The average molecular weight is 398 g/mol. The van der Waals surface area contributed by atoms with Crippen molar-refractivity contribution in [3.8, 4) is 17.2 Å². The number of benzene rings is 2. The molecule has 124 valence electrons. The number of ether oxygens (including phenoxy) is 2. The van der Waals surface area contributed by atoms with E-state index < -0.39 is 11.2 Å². The number of phenols is 1. The zero-order valence-electron chi connectivity index (χ0n) is 11.8. The van der Waals surface area contributed by atoms with E-state index in [9.17, 15) is 14.5 Å². The summed E-state index contributed by atoms with van der Waals surface area (Å²) in [4.78, 5) is 11.8. The number of carbonyl (C=O) groups is 1. The van der Waals surface area contributed by atoms with Crippen LogP contribution in [0.4, 0.5) is 0 Å². The number of hydrogen-bond acceptors (Lipinski definition) is 5. The van der Waals surface area contributed by atoms with Gasteiger partial charge in [-0.05, 0) is 58.0 Å². The van der Waals surface area contributed by atoms with Crippen LogP contribution in [0.3, 0.4) is 0 Å². The van der Waals surface area contributed by atoms with E-state index in [1.165, 1.54) is 19.2 Å². The molecule has 9 heteroatoms. The highest BCUT2D eigenvalue weighted by molar-refractivity contribution is 8.24. The fraction of sp³-hybridized carbons (Fsp3) is 0.0714. The standard InChI is InChI=1S/C14H12O4.Cl3OP/c1-17-11-7-8-12(13(15)9-11)14(16)18-10-5-3-2-4-6-10;1-5(2,3)4/h2-9,15H,1H3;. The van der Waals surface area contributed by atoms with Crippen molar-refractivity contribution in [2.75, 3.05) is 7.11 Å². The number of rotatable bonds is 3. The van der Waals surface area contributed by atoms with Crippen LogP contribution in [0.1, 0.15) is 10.4 Å². The van der Waals surface area contributed by atoms with Crippen LogP contribution in [0, 0.1) is 0 Å². The molecule has 23 heavy (non-hydrogen) atoms. The number of halogens is 3. The van der Waals surface area contributed by atoms with Gasteiger partial charge in [0.25, 0.3) is 0 Å². The third-order valence-corrected chi connectivity index (χ3v) is 2.38. The minimum absolute atomic E-state index is 0.0969. The molecule has 2 rings (SSSR count). The number of aromatic hydroxyl groups is 1. The largest absolute Gasteiger partial charge is 0.507 e. The second-order valence-electron chi connectivity index (χ2n) is 3.98. The zero-order chi connectivity index (χ0) is 17.5. The van der Waals surface area contributed by atoms with Crippen LogP contribution in [0.25, 0.3) is 0 Å². The Bertz CT molecular complexity index is 695. The number of carbonyl (C=O) groups excluding carboxylic acids is 1. The predicted molar refractivity (Wildman–Crippen MR) is 91.2 cm³/mol. The molecule has 0 aliphatic rings. The van der Waals surface area contributed by atoms with Gasteiger partial charge in [-0.1, -0.05) is 18.2 Å². The second-order valence-corrected chi connectivity index (χ2v) is 10.6. The lowest BCUT2D eigenvalue weighted by atomic mass is 10.2. The Hall–Kier alpha value is -1.39. The maximum absolute atomic E-state index is 11.8. The van der Waals surface area contributed by atoms with Gasteiger partial charge in [0, 0.05) is 6.07 Å². The Kier molecular flexibility index (Phi) is 7.73. The van der Waals surface area contributed by atoms with Crippen LogP contribution < -0.4 is 9.47 Å². The van der Waals surface area contributed by atoms with Gasteiger partial charge in [0.15, 0.2) is 0 Å². The maximum Gasteiger partial charge on any atom is 0.347 e. The lowest BCUT2D eigenvalue weighted by molar-refractivity contribution is 0.0731. The lowest BCUT2D eigenvalue weighted by Gasteiger charge is -2.07. The van der Waals surface area contributed by atoms with Gasteiger partial charge < -0.3 is 14.6 Å². The summed E-state index contributed by atoms with van der Waals surface area (Å²) in [5, 5.41) is 6.47. The first-order chi connectivity index (χ1) is 10.7. The van der Waals surface area contributed by atoms with Crippen LogP contribution in [-0.2, 0) is 4.57 Å². The maximum atomic E-state index is 11.8. The van der Waals surface area contributed by atoms with E-state index in [0.29, 0.717) is 11.5 Å². The number of phenolic OH excluding ortho intramolecular Hbond substituents is 1. The molecule has 0 bridgehead atoms. The van der Waals surface area contributed by atoms with Crippen molar-refractivity contribution < 1.29 is 23.9 Å². The molecule has 0 unspecified atom stereocenters. The summed E-state index contributed by atoms with van der Waals surface area (Å²) in [6.07, 6.45) is 0. The Balaban J connectivity index is 0.000000463. The van der Waals surface area contributed by atoms with Gasteiger partial charge in [-0.25, -0.2) is 4.79 Å². The van der Waals surface area contributed by atoms with Gasteiger partial charge in [-0.15, -0.1) is 0 Å².